The number of hydrogen-bond acceptors (Lipinski definition) is 4. The summed E-state index contributed by atoms with van der Waals surface area (Å²) in [5.74, 6) is 0.0346. The van der Waals surface area contributed by atoms with Gasteiger partial charge in [0.05, 0.1) is 12.5 Å². The Bertz CT molecular complexity index is 460. The number of fused-ring (bicyclic) bond motifs is 1. The van der Waals surface area contributed by atoms with Gasteiger partial charge in [-0.05, 0) is 31.4 Å². The van der Waals surface area contributed by atoms with E-state index in [1.54, 1.807) is 18.7 Å². The van der Waals surface area contributed by atoms with Crippen molar-refractivity contribution in [2.75, 3.05) is 12.4 Å². The number of ether oxygens (including phenoxy) is 1. The van der Waals surface area contributed by atoms with Crippen LogP contribution in [0.1, 0.15) is 32.3 Å². The van der Waals surface area contributed by atoms with Gasteiger partial charge in [0.25, 0.3) is 0 Å². The third-order valence-corrected chi connectivity index (χ3v) is 4.73. The molecule has 1 aliphatic rings. The van der Waals surface area contributed by atoms with Gasteiger partial charge < -0.3 is 9.84 Å². The quantitative estimate of drug-likeness (QED) is 0.861. The predicted molar refractivity (Wildman–Crippen MR) is 76.1 cm³/mol. The second-order valence-corrected chi connectivity index (χ2v) is 5.87. The lowest BCUT2D eigenvalue weighted by Gasteiger charge is -2.38. The molecule has 1 aromatic carbocycles. The van der Waals surface area contributed by atoms with Crippen LogP contribution in [0, 0.1) is 5.92 Å². The minimum atomic E-state index is -1.09. The van der Waals surface area contributed by atoms with Crippen molar-refractivity contribution in [3.8, 4) is 0 Å². The topological polar surface area (TPSA) is 46.5 Å². The van der Waals surface area contributed by atoms with Crippen LogP contribution in [-0.2, 0) is 15.1 Å². The molecule has 0 fully saturated rings. The summed E-state index contributed by atoms with van der Waals surface area (Å²) in [5.41, 5.74) is -0.228. The summed E-state index contributed by atoms with van der Waals surface area (Å²) >= 11 is 1.73. The van der Waals surface area contributed by atoms with Crippen molar-refractivity contribution in [1.29, 1.82) is 0 Å². The highest BCUT2D eigenvalue weighted by atomic mass is 32.2. The molecule has 0 aliphatic carbocycles. The molecule has 2 unspecified atom stereocenters. The molecule has 0 saturated carbocycles. The number of hydrogen-bond donors (Lipinski definition) is 1. The van der Waals surface area contributed by atoms with E-state index in [1.165, 1.54) is 0 Å². The van der Waals surface area contributed by atoms with Crippen molar-refractivity contribution in [2.45, 2.75) is 37.2 Å². The molecule has 3 nitrogen and oxygen atoms in total. The SMILES string of the molecule is CCOC(=O)C(CC)C1(O)CCSc2ccccc21. The fourth-order valence-corrected chi connectivity index (χ4v) is 3.91. The predicted octanol–water partition coefficient (Wildman–Crippen LogP) is 2.96. The molecular formula is C15H20O3S. The van der Waals surface area contributed by atoms with Gasteiger partial charge in [0.15, 0.2) is 0 Å². The Hall–Kier alpha value is -1.00. The standard InChI is InChI=1S/C15H20O3S/c1-3-11(14(16)18-4-2)15(17)9-10-19-13-8-6-5-7-12(13)15/h5-8,11,17H,3-4,9-10H2,1-2H3. The number of carbonyl (C=O) groups excluding carboxylic acids is 1. The number of benzene rings is 1. The molecule has 2 rings (SSSR count). The highest BCUT2D eigenvalue weighted by Gasteiger charge is 2.45. The number of aliphatic hydroxyl groups is 1. The number of carbonyl (C=O) groups is 1. The molecule has 1 aliphatic heterocycles. The Morgan fingerprint density at radius 1 is 1.47 bits per heavy atom. The van der Waals surface area contributed by atoms with Gasteiger partial charge in [-0.25, -0.2) is 0 Å². The fourth-order valence-electron chi connectivity index (χ4n) is 2.71. The smallest absolute Gasteiger partial charge is 0.312 e. The molecule has 0 bridgehead atoms. The first-order valence-electron chi connectivity index (χ1n) is 6.74. The zero-order valence-corrected chi connectivity index (χ0v) is 12.2. The van der Waals surface area contributed by atoms with Crippen molar-refractivity contribution < 1.29 is 14.6 Å². The summed E-state index contributed by atoms with van der Waals surface area (Å²) in [7, 11) is 0. The monoisotopic (exact) mass is 280 g/mol. The van der Waals surface area contributed by atoms with Gasteiger partial charge in [-0.1, -0.05) is 25.1 Å². The Morgan fingerprint density at radius 3 is 2.89 bits per heavy atom. The Morgan fingerprint density at radius 2 is 2.21 bits per heavy atom. The van der Waals surface area contributed by atoms with E-state index in [2.05, 4.69) is 0 Å². The van der Waals surface area contributed by atoms with Crippen LogP contribution in [0.5, 0.6) is 0 Å². The maximum Gasteiger partial charge on any atom is 0.312 e. The summed E-state index contributed by atoms with van der Waals surface area (Å²) in [6.07, 6.45) is 1.17. The van der Waals surface area contributed by atoms with E-state index in [1.807, 2.05) is 31.2 Å². The maximum atomic E-state index is 12.1. The molecule has 0 aromatic heterocycles. The molecule has 1 aromatic rings. The van der Waals surface area contributed by atoms with Crippen molar-refractivity contribution >= 4 is 17.7 Å². The molecular weight excluding hydrogens is 260 g/mol. The van der Waals surface area contributed by atoms with Crippen molar-refractivity contribution in [3.05, 3.63) is 29.8 Å². The molecule has 19 heavy (non-hydrogen) atoms. The van der Waals surface area contributed by atoms with Crippen LogP contribution in [0.2, 0.25) is 0 Å². The van der Waals surface area contributed by atoms with Gasteiger partial charge in [-0.3, -0.25) is 4.79 Å². The molecule has 0 amide bonds. The molecule has 0 spiro atoms. The summed E-state index contributed by atoms with van der Waals surface area (Å²) < 4.78 is 5.12. The average molecular weight is 280 g/mol. The molecule has 0 saturated heterocycles. The average Bonchev–Trinajstić information content (AvgIpc) is 2.40. The Labute approximate surface area is 118 Å². The Balaban J connectivity index is 2.39. The van der Waals surface area contributed by atoms with Crippen LogP contribution in [0.4, 0.5) is 0 Å². The van der Waals surface area contributed by atoms with Crippen LogP contribution in [0.25, 0.3) is 0 Å². The van der Waals surface area contributed by atoms with E-state index in [9.17, 15) is 9.90 Å². The first-order chi connectivity index (χ1) is 9.13. The van der Waals surface area contributed by atoms with Crippen molar-refractivity contribution in [2.24, 2.45) is 5.92 Å². The van der Waals surface area contributed by atoms with E-state index in [-0.39, 0.29) is 5.97 Å². The lowest BCUT2D eigenvalue weighted by molar-refractivity contribution is -0.160. The van der Waals surface area contributed by atoms with Crippen LogP contribution in [0.3, 0.4) is 0 Å². The lowest BCUT2D eigenvalue weighted by Crippen LogP contribution is -2.42. The zero-order valence-electron chi connectivity index (χ0n) is 11.4. The third kappa shape index (κ3) is 2.65. The van der Waals surface area contributed by atoms with Gasteiger partial charge in [-0.15, -0.1) is 11.8 Å². The molecule has 4 heteroatoms. The summed E-state index contributed by atoms with van der Waals surface area (Å²) in [6, 6.07) is 7.79. The fraction of sp³-hybridized carbons (Fsp3) is 0.533. The summed E-state index contributed by atoms with van der Waals surface area (Å²) in [4.78, 5) is 13.2. The van der Waals surface area contributed by atoms with Crippen molar-refractivity contribution in [1.82, 2.24) is 0 Å². The first-order valence-corrected chi connectivity index (χ1v) is 7.73. The van der Waals surface area contributed by atoms with E-state index in [4.69, 9.17) is 4.74 Å². The third-order valence-electron chi connectivity index (χ3n) is 3.65. The summed E-state index contributed by atoms with van der Waals surface area (Å²) in [5, 5.41) is 11.1. The van der Waals surface area contributed by atoms with Crippen LogP contribution < -0.4 is 0 Å². The normalized spacial score (nSPS) is 23.5. The second-order valence-electron chi connectivity index (χ2n) is 4.73. The number of thioether (sulfide) groups is 1. The largest absolute Gasteiger partial charge is 0.466 e. The highest BCUT2D eigenvalue weighted by molar-refractivity contribution is 7.99. The first kappa shape index (κ1) is 14.4. The van der Waals surface area contributed by atoms with Crippen LogP contribution in [0.15, 0.2) is 29.2 Å². The van der Waals surface area contributed by atoms with Gasteiger partial charge in [0, 0.05) is 10.6 Å². The lowest BCUT2D eigenvalue weighted by atomic mass is 9.77. The zero-order chi connectivity index (χ0) is 13.9. The van der Waals surface area contributed by atoms with Gasteiger partial charge >= 0.3 is 5.97 Å². The molecule has 104 valence electrons. The minimum absolute atomic E-state index is 0.297. The van der Waals surface area contributed by atoms with E-state index in [0.717, 1.165) is 16.2 Å². The van der Waals surface area contributed by atoms with E-state index >= 15 is 0 Å². The molecule has 1 heterocycles. The van der Waals surface area contributed by atoms with Crippen molar-refractivity contribution in [3.63, 3.8) is 0 Å². The number of esters is 1. The molecule has 0 radical (unpaired) electrons. The molecule has 1 N–H and O–H groups in total. The summed E-state index contributed by atoms with van der Waals surface area (Å²) in [6.45, 7) is 4.06. The van der Waals surface area contributed by atoms with Crippen LogP contribution in [-0.4, -0.2) is 23.4 Å². The van der Waals surface area contributed by atoms with Crippen LogP contribution >= 0.6 is 11.8 Å². The van der Waals surface area contributed by atoms with Gasteiger partial charge in [0.2, 0.25) is 0 Å². The minimum Gasteiger partial charge on any atom is -0.466 e. The van der Waals surface area contributed by atoms with Gasteiger partial charge in [-0.2, -0.15) is 0 Å². The maximum absolute atomic E-state index is 12.1. The van der Waals surface area contributed by atoms with E-state index < -0.39 is 11.5 Å². The molecule has 2 atom stereocenters. The van der Waals surface area contributed by atoms with Gasteiger partial charge in [0.1, 0.15) is 5.60 Å². The Kier molecular flexibility index (Phi) is 4.53. The second kappa shape index (κ2) is 5.97. The van der Waals surface area contributed by atoms with E-state index in [0.29, 0.717) is 19.4 Å². The highest BCUT2D eigenvalue weighted by Crippen LogP contribution is 2.45. The number of rotatable bonds is 4.